The van der Waals surface area contributed by atoms with Crippen molar-refractivity contribution in [1.82, 2.24) is 0 Å². The van der Waals surface area contributed by atoms with E-state index >= 15 is 0 Å². The van der Waals surface area contributed by atoms with Gasteiger partial charge >= 0.3 is 0 Å². The van der Waals surface area contributed by atoms with Crippen LogP contribution < -0.4 is 4.74 Å². The van der Waals surface area contributed by atoms with Gasteiger partial charge < -0.3 is 9.84 Å². The molecule has 1 aromatic rings. The number of benzene rings is 1. The van der Waals surface area contributed by atoms with Crippen molar-refractivity contribution in [3.8, 4) is 5.75 Å². The largest absolute Gasteiger partial charge is 0.497 e. The monoisotopic (exact) mass is 270 g/mol. The van der Waals surface area contributed by atoms with E-state index in [0.717, 1.165) is 11.3 Å². The number of rotatable bonds is 5. The van der Waals surface area contributed by atoms with E-state index in [-0.39, 0.29) is 24.2 Å². The highest BCUT2D eigenvalue weighted by molar-refractivity contribution is 7.92. The van der Waals surface area contributed by atoms with Crippen molar-refractivity contribution in [1.29, 1.82) is 0 Å². The van der Waals surface area contributed by atoms with Crippen LogP contribution in [0.5, 0.6) is 5.75 Å². The predicted octanol–water partition coefficient (Wildman–Crippen LogP) is 1.20. The first kappa shape index (κ1) is 13.4. The quantitative estimate of drug-likeness (QED) is 0.873. The van der Waals surface area contributed by atoms with Crippen LogP contribution in [0.3, 0.4) is 0 Å². The van der Waals surface area contributed by atoms with Gasteiger partial charge in [0.1, 0.15) is 5.75 Å². The molecule has 1 aromatic carbocycles. The Balaban J connectivity index is 2.23. The highest BCUT2D eigenvalue weighted by atomic mass is 32.2. The van der Waals surface area contributed by atoms with Gasteiger partial charge in [-0.25, -0.2) is 8.42 Å². The third-order valence-electron chi connectivity index (χ3n) is 3.62. The second kappa shape index (κ2) is 4.90. The molecule has 3 atom stereocenters. The molecular formula is C13H18O4S. The molecule has 0 aliphatic heterocycles. The molecule has 0 radical (unpaired) electrons. The smallest absolute Gasteiger partial charge is 0.153 e. The van der Waals surface area contributed by atoms with Gasteiger partial charge in [-0.05, 0) is 17.7 Å². The molecule has 1 fully saturated rings. The molecule has 1 N–H and O–H groups in total. The summed E-state index contributed by atoms with van der Waals surface area (Å²) in [5.41, 5.74) is 0.955. The zero-order valence-electron chi connectivity index (χ0n) is 10.5. The van der Waals surface area contributed by atoms with E-state index in [0.29, 0.717) is 0 Å². The Morgan fingerprint density at radius 2 is 1.89 bits per heavy atom. The predicted molar refractivity (Wildman–Crippen MR) is 69.6 cm³/mol. The van der Waals surface area contributed by atoms with Crippen molar-refractivity contribution in [2.24, 2.45) is 5.92 Å². The van der Waals surface area contributed by atoms with Gasteiger partial charge in [-0.1, -0.05) is 19.1 Å². The average molecular weight is 270 g/mol. The molecule has 5 heteroatoms. The molecule has 0 heterocycles. The first-order valence-electron chi connectivity index (χ1n) is 6.01. The first-order chi connectivity index (χ1) is 8.55. The van der Waals surface area contributed by atoms with Crippen molar-refractivity contribution in [2.75, 3.05) is 19.5 Å². The summed E-state index contributed by atoms with van der Waals surface area (Å²) in [4.78, 5) is 0. The van der Waals surface area contributed by atoms with E-state index in [1.54, 1.807) is 14.0 Å². The van der Waals surface area contributed by atoms with E-state index < -0.39 is 15.1 Å². The molecule has 0 bridgehead atoms. The number of aliphatic hydroxyl groups is 1. The minimum atomic E-state index is -3.09. The van der Waals surface area contributed by atoms with Gasteiger partial charge in [0, 0.05) is 24.2 Å². The molecule has 1 aliphatic rings. The van der Waals surface area contributed by atoms with Crippen molar-refractivity contribution < 1.29 is 18.3 Å². The minimum Gasteiger partial charge on any atom is -0.497 e. The molecule has 2 rings (SSSR count). The summed E-state index contributed by atoms with van der Waals surface area (Å²) < 4.78 is 28.9. The third kappa shape index (κ3) is 2.24. The van der Waals surface area contributed by atoms with Gasteiger partial charge in [0.15, 0.2) is 9.84 Å². The van der Waals surface area contributed by atoms with E-state index in [2.05, 4.69) is 0 Å². The lowest BCUT2D eigenvalue weighted by atomic mass is 10.1. The van der Waals surface area contributed by atoms with Crippen molar-refractivity contribution >= 4 is 9.84 Å². The number of ether oxygens (including phenoxy) is 1. The van der Waals surface area contributed by atoms with Crippen LogP contribution in [-0.4, -0.2) is 38.2 Å². The van der Waals surface area contributed by atoms with Crippen LogP contribution in [0.15, 0.2) is 24.3 Å². The molecule has 4 nitrogen and oxygen atoms in total. The zero-order valence-corrected chi connectivity index (χ0v) is 11.4. The fraction of sp³-hybridized carbons (Fsp3) is 0.538. The number of aliphatic hydroxyl groups excluding tert-OH is 1. The Kier molecular flexibility index (Phi) is 3.64. The summed E-state index contributed by atoms with van der Waals surface area (Å²) in [7, 11) is -1.50. The van der Waals surface area contributed by atoms with Crippen molar-refractivity contribution in [3.63, 3.8) is 0 Å². The zero-order chi connectivity index (χ0) is 13.3. The van der Waals surface area contributed by atoms with E-state index in [1.807, 2.05) is 24.3 Å². The van der Waals surface area contributed by atoms with Crippen LogP contribution in [0.4, 0.5) is 0 Å². The molecule has 100 valence electrons. The summed E-state index contributed by atoms with van der Waals surface area (Å²) >= 11 is 0. The van der Waals surface area contributed by atoms with Crippen LogP contribution in [0.1, 0.15) is 18.4 Å². The summed E-state index contributed by atoms with van der Waals surface area (Å²) in [6.45, 7) is 1.56. The Morgan fingerprint density at radius 1 is 1.28 bits per heavy atom. The number of hydrogen-bond donors (Lipinski definition) is 1. The fourth-order valence-electron chi connectivity index (χ4n) is 2.50. The number of sulfone groups is 1. The minimum absolute atomic E-state index is 0.0779. The van der Waals surface area contributed by atoms with E-state index in [9.17, 15) is 13.5 Å². The molecule has 0 spiro atoms. The van der Waals surface area contributed by atoms with Crippen molar-refractivity contribution in [2.45, 2.75) is 18.1 Å². The lowest BCUT2D eigenvalue weighted by molar-refractivity contribution is 0.274. The molecule has 0 unspecified atom stereocenters. The molecule has 0 saturated heterocycles. The maximum atomic E-state index is 11.9. The molecule has 0 aromatic heterocycles. The highest BCUT2D eigenvalue weighted by Gasteiger charge is 2.57. The molecule has 1 saturated carbocycles. The topological polar surface area (TPSA) is 63.6 Å². The number of methoxy groups -OCH3 is 1. The van der Waals surface area contributed by atoms with Gasteiger partial charge in [0.25, 0.3) is 0 Å². The van der Waals surface area contributed by atoms with Crippen LogP contribution in [0.2, 0.25) is 0 Å². The van der Waals surface area contributed by atoms with E-state index in [1.165, 1.54) is 0 Å². The molecule has 0 amide bonds. The van der Waals surface area contributed by atoms with Crippen LogP contribution in [0, 0.1) is 5.92 Å². The van der Waals surface area contributed by atoms with Crippen LogP contribution in [-0.2, 0) is 9.84 Å². The van der Waals surface area contributed by atoms with Crippen molar-refractivity contribution in [3.05, 3.63) is 29.8 Å². The van der Waals surface area contributed by atoms with E-state index in [4.69, 9.17) is 4.74 Å². The highest BCUT2D eigenvalue weighted by Crippen LogP contribution is 2.52. The summed E-state index contributed by atoms with van der Waals surface area (Å²) in [6, 6.07) is 7.38. The first-order valence-corrected chi connectivity index (χ1v) is 7.73. The number of hydrogen-bond acceptors (Lipinski definition) is 4. The fourth-order valence-corrected chi connectivity index (χ4v) is 4.39. The van der Waals surface area contributed by atoms with Gasteiger partial charge in [-0.2, -0.15) is 0 Å². The molecule has 18 heavy (non-hydrogen) atoms. The maximum absolute atomic E-state index is 11.9. The lowest BCUT2D eigenvalue weighted by Gasteiger charge is -2.03. The molecule has 1 aliphatic carbocycles. The average Bonchev–Trinajstić information content (AvgIpc) is 3.14. The lowest BCUT2D eigenvalue weighted by Crippen LogP contribution is -2.13. The Morgan fingerprint density at radius 3 is 2.33 bits per heavy atom. The Bertz CT molecular complexity index is 506. The Hall–Kier alpha value is -1.07. The maximum Gasteiger partial charge on any atom is 0.153 e. The van der Waals surface area contributed by atoms with Gasteiger partial charge in [-0.3, -0.25) is 0 Å². The molecular weight excluding hydrogens is 252 g/mol. The van der Waals surface area contributed by atoms with Crippen LogP contribution in [0.25, 0.3) is 0 Å². The second-order valence-electron chi connectivity index (χ2n) is 4.56. The third-order valence-corrected chi connectivity index (χ3v) is 5.90. The SMILES string of the molecule is CCS(=O)(=O)[C@@H]1[C@H](CO)[C@@H]1c1ccc(OC)cc1. The summed E-state index contributed by atoms with van der Waals surface area (Å²) in [6.07, 6.45) is 0. The van der Waals surface area contributed by atoms with Gasteiger partial charge in [0.05, 0.1) is 12.4 Å². The van der Waals surface area contributed by atoms with Gasteiger partial charge in [0.2, 0.25) is 0 Å². The summed E-state index contributed by atoms with van der Waals surface area (Å²) in [5.74, 6) is 0.630. The normalized spacial score (nSPS) is 26.9. The van der Waals surface area contributed by atoms with Crippen LogP contribution >= 0.6 is 0 Å². The summed E-state index contributed by atoms with van der Waals surface area (Å²) in [5, 5.41) is 8.85. The standard InChI is InChI=1S/C13H18O4S/c1-3-18(15,16)13-11(8-14)12(13)9-4-6-10(17-2)7-5-9/h4-7,11-14H,3,8H2,1-2H3/t11-,12+,13-/m1/s1. The Labute approximate surface area is 108 Å². The van der Waals surface area contributed by atoms with Gasteiger partial charge in [-0.15, -0.1) is 0 Å². The second-order valence-corrected chi connectivity index (χ2v) is 7.01.